The Balaban J connectivity index is 2.22. The molecule has 0 spiro atoms. The molecule has 0 saturated heterocycles. The van der Waals surface area contributed by atoms with Crippen molar-refractivity contribution in [1.29, 1.82) is 0 Å². The molecule has 0 bridgehead atoms. The van der Waals surface area contributed by atoms with Crippen molar-refractivity contribution in [3.05, 3.63) is 73.8 Å². The molecule has 2 nitrogen and oxygen atoms in total. The summed E-state index contributed by atoms with van der Waals surface area (Å²) in [5.74, 6) is 1.69. The largest absolute Gasteiger partial charge is 0.490 e. The van der Waals surface area contributed by atoms with E-state index in [4.69, 9.17) is 9.47 Å². The van der Waals surface area contributed by atoms with Crippen molar-refractivity contribution in [3.8, 4) is 22.6 Å². The number of benzene rings is 2. The molecule has 2 aromatic rings. The highest BCUT2D eigenvalue weighted by Gasteiger charge is 2.05. The first-order valence-electron chi connectivity index (χ1n) is 6.52. The standard InChI is InChI=1S/C18H18O2/c1-3-13-19-16-11-9-15(10-12-16)17-7-5-6-8-18(17)20-14-4-2/h3-12H,1-2,13-14H2. The number of hydrogen-bond acceptors (Lipinski definition) is 2. The van der Waals surface area contributed by atoms with E-state index in [2.05, 4.69) is 13.2 Å². The van der Waals surface area contributed by atoms with Crippen molar-refractivity contribution in [3.63, 3.8) is 0 Å². The van der Waals surface area contributed by atoms with Crippen LogP contribution in [0.4, 0.5) is 0 Å². The molecule has 0 amide bonds. The molecule has 20 heavy (non-hydrogen) atoms. The minimum atomic E-state index is 0.498. The molecule has 0 unspecified atom stereocenters. The lowest BCUT2D eigenvalue weighted by Gasteiger charge is -2.11. The van der Waals surface area contributed by atoms with Crippen molar-refractivity contribution in [1.82, 2.24) is 0 Å². The summed E-state index contributed by atoms with van der Waals surface area (Å²) in [7, 11) is 0. The Morgan fingerprint density at radius 2 is 1.45 bits per heavy atom. The SMILES string of the molecule is C=CCOc1ccc(-c2ccccc2OCC=C)cc1. The number of rotatable bonds is 7. The fraction of sp³-hybridized carbons (Fsp3) is 0.111. The lowest BCUT2D eigenvalue weighted by atomic mass is 10.0. The average molecular weight is 266 g/mol. The minimum Gasteiger partial charge on any atom is -0.490 e. The molecule has 2 heteroatoms. The Hall–Kier alpha value is -2.48. The molecule has 0 heterocycles. The molecule has 0 aliphatic rings. The van der Waals surface area contributed by atoms with Crippen molar-refractivity contribution in [2.24, 2.45) is 0 Å². The fourth-order valence-electron chi connectivity index (χ4n) is 1.87. The normalized spacial score (nSPS) is 9.80. The highest BCUT2D eigenvalue weighted by molar-refractivity contribution is 5.70. The van der Waals surface area contributed by atoms with Gasteiger partial charge >= 0.3 is 0 Å². The number of hydrogen-bond donors (Lipinski definition) is 0. The van der Waals surface area contributed by atoms with E-state index < -0.39 is 0 Å². The maximum atomic E-state index is 5.67. The highest BCUT2D eigenvalue weighted by Crippen LogP contribution is 2.30. The zero-order valence-electron chi connectivity index (χ0n) is 11.4. The lowest BCUT2D eigenvalue weighted by Crippen LogP contribution is -1.95. The van der Waals surface area contributed by atoms with Crippen LogP contribution in [0.2, 0.25) is 0 Å². The average Bonchev–Trinajstić information content (AvgIpc) is 2.52. The third-order valence-electron chi connectivity index (χ3n) is 2.78. The van der Waals surface area contributed by atoms with Gasteiger partial charge in [0.25, 0.3) is 0 Å². The summed E-state index contributed by atoms with van der Waals surface area (Å²) >= 11 is 0. The van der Waals surface area contributed by atoms with E-state index in [0.717, 1.165) is 22.6 Å². The van der Waals surface area contributed by atoms with Gasteiger partial charge in [-0.15, -0.1) is 0 Å². The van der Waals surface area contributed by atoms with Crippen LogP contribution >= 0.6 is 0 Å². The minimum absolute atomic E-state index is 0.498. The first-order valence-corrected chi connectivity index (χ1v) is 6.52. The molecule has 0 radical (unpaired) electrons. The first-order chi connectivity index (χ1) is 9.85. The van der Waals surface area contributed by atoms with Gasteiger partial charge in [0.1, 0.15) is 24.7 Å². The molecule has 0 aliphatic carbocycles. The lowest BCUT2D eigenvalue weighted by molar-refractivity contribution is 0.363. The van der Waals surface area contributed by atoms with Gasteiger partial charge < -0.3 is 9.47 Å². The summed E-state index contributed by atoms with van der Waals surface area (Å²) in [4.78, 5) is 0. The molecule has 0 atom stereocenters. The highest BCUT2D eigenvalue weighted by atomic mass is 16.5. The molecular formula is C18H18O2. The van der Waals surface area contributed by atoms with E-state index >= 15 is 0 Å². The Kier molecular flexibility index (Phi) is 5.01. The second kappa shape index (κ2) is 7.19. The van der Waals surface area contributed by atoms with Crippen LogP contribution in [-0.4, -0.2) is 13.2 Å². The monoisotopic (exact) mass is 266 g/mol. The van der Waals surface area contributed by atoms with Gasteiger partial charge in [-0.3, -0.25) is 0 Å². The first kappa shape index (κ1) is 13.9. The van der Waals surface area contributed by atoms with Crippen molar-refractivity contribution >= 4 is 0 Å². The summed E-state index contributed by atoms with van der Waals surface area (Å²) in [5, 5.41) is 0. The maximum absolute atomic E-state index is 5.67. The van der Waals surface area contributed by atoms with E-state index in [9.17, 15) is 0 Å². The van der Waals surface area contributed by atoms with Gasteiger partial charge in [0.2, 0.25) is 0 Å². The summed E-state index contributed by atoms with van der Waals surface area (Å²) in [5.41, 5.74) is 2.15. The van der Waals surface area contributed by atoms with Gasteiger partial charge in [-0.1, -0.05) is 55.6 Å². The van der Waals surface area contributed by atoms with Gasteiger partial charge in [-0.2, -0.15) is 0 Å². The zero-order chi connectivity index (χ0) is 14.2. The molecule has 0 aliphatic heterocycles. The predicted molar refractivity (Wildman–Crippen MR) is 83.3 cm³/mol. The smallest absolute Gasteiger partial charge is 0.127 e. The third kappa shape index (κ3) is 3.51. The van der Waals surface area contributed by atoms with Crippen LogP contribution in [0.15, 0.2) is 73.8 Å². The fourth-order valence-corrected chi connectivity index (χ4v) is 1.87. The maximum Gasteiger partial charge on any atom is 0.127 e. The van der Waals surface area contributed by atoms with Crippen molar-refractivity contribution < 1.29 is 9.47 Å². The number of ether oxygens (including phenoxy) is 2. The molecule has 2 rings (SSSR count). The van der Waals surface area contributed by atoms with E-state index in [1.54, 1.807) is 12.2 Å². The number of para-hydroxylation sites is 1. The summed E-state index contributed by atoms with van der Waals surface area (Å²) in [6, 6.07) is 15.9. The van der Waals surface area contributed by atoms with Gasteiger partial charge in [0.05, 0.1) is 0 Å². The molecule has 0 saturated carbocycles. The molecule has 2 aromatic carbocycles. The molecule has 102 valence electrons. The summed E-state index contributed by atoms with van der Waals surface area (Å²) < 4.78 is 11.2. The molecule has 0 aromatic heterocycles. The van der Waals surface area contributed by atoms with Gasteiger partial charge in [0.15, 0.2) is 0 Å². The van der Waals surface area contributed by atoms with Crippen LogP contribution in [0.25, 0.3) is 11.1 Å². The Morgan fingerprint density at radius 1 is 0.800 bits per heavy atom. The van der Waals surface area contributed by atoms with E-state index in [-0.39, 0.29) is 0 Å². The predicted octanol–water partition coefficient (Wildman–Crippen LogP) is 4.48. The Morgan fingerprint density at radius 3 is 2.15 bits per heavy atom. The van der Waals surface area contributed by atoms with Crippen LogP contribution in [0.5, 0.6) is 11.5 Å². The summed E-state index contributed by atoms with van der Waals surface area (Å²) in [6.45, 7) is 8.31. The second-order valence-corrected chi connectivity index (χ2v) is 4.22. The zero-order valence-corrected chi connectivity index (χ0v) is 11.4. The summed E-state index contributed by atoms with van der Waals surface area (Å²) in [6.07, 6.45) is 3.47. The molecule has 0 fully saturated rings. The van der Waals surface area contributed by atoms with Crippen molar-refractivity contribution in [2.75, 3.05) is 13.2 Å². The van der Waals surface area contributed by atoms with Crippen LogP contribution in [0, 0.1) is 0 Å². The Labute approximate surface area is 120 Å². The van der Waals surface area contributed by atoms with Crippen LogP contribution in [-0.2, 0) is 0 Å². The third-order valence-corrected chi connectivity index (χ3v) is 2.78. The van der Waals surface area contributed by atoms with E-state index in [1.807, 2.05) is 48.5 Å². The van der Waals surface area contributed by atoms with E-state index in [0.29, 0.717) is 13.2 Å². The van der Waals surface area contributed by atoms with Crippen LogP contribution < -0.4 is 9.47 Å². The van der Waals surface area contributed by atoms with E-state index in [1.165, 1.54) is 0 Å². The molecular weight excluding hydrogens is 248 g/mol. The second-order valence-electron chi connectivity index (χ2n) is 4.22. The van der Waals surface area contributed by atoms with Crippen LogP contribution in [0.1, 0.15) is 0 Å². The van der Waals surface area contributed by atoms with Crippen LogP contribution in [0.3, 0.4) is 0 Å². The van der Waals surface area contributed by atoms with Gasteiger partial charge in [-0.05, 0) is 23.8 Å². The van der Waals surface area contributed by atoms with Gasteiger partial charge in [-0.25, -0.2) is 0 Å². The van der Waals surface area contributed by atoms with Crippen molar-refractivity contribution in [2.45, 2.75) is 0 Å². The molecule has 0 N–H and O–H groups in total. The quantitative estimate of drug-likeness (QED) is 0.688. The Bertz CT molecular complexity index is 570. The van der Waals surface area contributed by atoms with Gasteiger partial charge in [0, 0.05) is 5.56 Å². The topological polar surface area (TPSA) is 18.5 Å².